The highest BCUT2D eigenvalue weighted by molar-refractivity contribution is 7.09. The maximum Gasteiger partial charge on any atom is 0.242 e. The number of thiophene rings is 1. The predicted molar refractivity (Wildman–Crippen MR) is 136 cm³/mol. The van der Waals surface area contributed by atoms with Gasteiger partial charge in [-0.1, -0.05) is 63.1 Å². The fourth-order valence-corrected chi connectivity index (χ4v) is 4.59. The second-order valence-electron chi connectivity index (χ2n) is 8.37. The summed E-state index contributed by atoms with van der Waals surface area (Å²) >= 11 is 1.65. The predicted octanol–water partition coefficient (Wildman–Crippen LogP) is 5.75. The summed E-state index contributed by atoms with van der Waals surface area (Å²) in [7, 11) is 0. The molecule has 2 rings (SSSR count). The summed E-state index contributed by atoms with van der Waals surface area (Å²) < 4.78 is 5.48. The van der Waals surface area contributed by atoms with Gasteiger partial charge in [-0.2, -0.15) is 0 Å². The van der Waals surface area contributed by atoms with Crippen molar-refractivity contribution in [1.29, 1.82) is 0 Å². The van der Waals surface area contributed by atoms with Gasteiger partial charge in [0, 0.05) is 37.1 Å². The van der Waals surface area contributed by atoms with E-state index in [0.717, 1.165) is 42.5 Å². The second-order valence-corrected chi connectivity index (χ2v) is 9.40. The van der Waals surface area contributed by atoms with Gasteiger partial charge in [0.05, 0.1) is 13.1 Å². The fourth-order valence-electron chi connectivity index (χ4n) is 3.87. The van der Waals surface area contributed by atoms with E-state index in [4.69, 9.17) is 4.74 Å². The summed E-state index contributed by atoms with van der Waals surface area (Å²) in [6.45, 7) is 9.19. The van der Waals surface area contributed by atoms with Gasteiger partial charge in [-0.15, -0.1) is 11.3 Å². The van der Waals surface area contributed by atoms with E-state index in [1.165, 1.54) is 0 Å². The Hall–Kier alpha value is -2.18. The Bertz CT molecular complexity index is 795. The summed E-state index contributed by atoms with van der Waals surface area (Å²) in [6, 6.07) is 14.1. The SMILES string of the molecule is CCCC[C@H](CC)C(=O)N(CCCOCC)CC(=O)N(Cc1ccccc1)Cc1cccs1. The Morgan fingerprint density at radius 3 is 2.39 bits per heavy atom. The summed E-state index contributed by atoms with van der Waals surface area (Å²) in [6.07, 6.45) is 4.52. The summed E-state index contributed by atoms with van der Waals surface area (Å²) in [5.74, 6) is 0.0682. The largest absolute Gasteiger partial charge is 0.382 e. The molecular weight excluding hydrogens is 432 g/mol. The van der Waals surface area contributed by atoms with E-state index >= 15 is 0 Å². The minimum atomic E-state index is -0.0234. The molecular formula is C27H40N2O3S. The molecule has 0 N–H and O–H groups in total. The van der Waals surface area contributed by atoms with Crippen molar-refractivity contribution >= 4 is 23.2 Å². The van der Waals surface area contributed by atoms with Crippen LogP contribution in [0.2, 0.25) is 0 Å². The fraction of sp³-hybridized carbons (Fsp3) is 0.556. The van der Waals surface area contributed by atoms with Crippen molar-refractivity contribution in [1.82, 2.24) is 9.80 Å². The maximum atomic E-state index is 13.5. The molecule has 0 saturated carbocycles. The summed E-state index contributed by atoms with van der Waals surface area (Å²) in [5.41, 5.74) is 1.09. The number of unbranched alkanes of at least 4 members (excludes halogenated alkanes) is 1. The number of amides is 2. The van der Waals surface area contributed by atoms with E-state index in [0.29, 0.717) is 32.8 Å². The van der Waals surface area contributed by atoms with Crippen molar-refractivity contribution in [3.05, 3.63) is 58.3 Å². The zero-order valence-corrected chi connectivity index (χ0v) is 21.3. The van der Waals surface area contributed by atoms with Crippen LogP contribution in [0.3, 0.4) is 0 Å². The second kappa shape index (κ2) is 15.6. The number of ether oxygens (including phenoxy) is 1. The van der Waals surface area contributed by atoms with Gasteiger partial charge in [0.2, 0.25) is 11.8 Å². The third kappa shape index (κ3) is 9.68. The topological polar surface area (TPSA) is 49.9 Å². The Morgan fingerprint density at radius 1 is 0.970 bits per heavy atom. The van der Waals surface area contributed by atoms with Crippen LogP contribution in [0.4, 0.5) is 0 Å². The van der Waals surface area contributed by atoms with E-state index < -0.39 is 0 Å². The highest BCUT2D eigenvalue weighted by Crippen LogP contribution is 2.18. The third-order valence-electron chi connectivity index (χ3n) is 5.80. The normalized spacial score (nSPS) is 11.8. The van der Waals surface area contributed by atoms with Crippen LogP contribution in [0.15, 0.2) is 47.8 Å². The molecule has 0 aliphatic carbocycles. The molecule has 6 heteroatoms. The lowest BCUT2D eigenvalue weighted by molar-refractivity contribution is -0.144. The van der Waals surface area contributed by atoms with Gasteiger partial charge in [-0.05, 0) is 43.2 Å². The monoisotopic (exact) mass is 472 g/mol. The van der Waals surface area contributed by atoms with Crippen molar-refractivity contribution in [3.63, 3.8) is 0 Å². The van der Waals surface area contributed by atoms with Crippen LogP contribution in [0, 0.1) is 5.92 Å². The first kappa shape index (κ1) is 27.1. The molecule has 0 radical (unpaired) electrons. The molecule has 182 valence electrons. The Labute approximate surface area is 203 Å². The molecule has 0 fully saturated rings. The lowest BCUT2D eigenvalue weighted by Gasteiger charge is -2.30. The highest BCUT2D eigenvalue weighted by Gasteiger charge is 2.26. The van der Waals surface area contributed by atoms with Crippen LogP contribution in [-0.2, 0) is 27.4 Å². The molecule has 0 unspecified atom stereocenters. The minimum Gasteiger partial charge on any atom is -0.382 e. The van der Waals surface area contributed by atoms with Gasteiger partial charge in [0.25, 0.3) is 0 Å². The molecule has 0 aliphatic heterocycles. The molecule has 0 saturated heterocycles. The number of hydrogen-bond donors (Lipinski definition) is 0. The van der Waals surface area contributed by atoms with Crippen molar-refractivity contribution in [2.24, 2.45) is 5.92 Å². The molecule has 0 aliphatic rings. The molecule has 1 aromatic carbocycles. The van der Waals surface area contributed by atoms with E-state index in [1.54, 1.807) is 16.2 Å². The zero-order valence-electron chi connectivity index (χ0n) is 20.5. The molecule has 1 aromatic heterocycles. The van der Waals surface area contributed by atoms with Crippen LogP contribution in [0.25, 0.3) is 0 Å². The number of benzene rings is 1. The van der Waals surface area contributed by atoms with Crippen LogP contribution >= 0.6 is 11.3 Å². The summed E-state index contributed by atoms with van der Waals surface area (Å²) in [4.78, 5) is 31.7. The van der Waals surface area contributed by atoms with E-state index in [-0.39, 0.29) is 24.3 Å². The van der Waals surface area contributed by atoms with Crippen LogP contribution < -0.4 is 0 Å². The molecule has 1 heterocycles. The first-order valence-corrected chi connectivity index (χ1v) is 13.2. The van der Waals surface area contributed by atoms with Gasteiger partial charge >= 0.3 is 0 Å². The standard InChI is InChI=1S/C27H40N2O3S/c1-4-7-15-24(5-2)27(31)28(17-12-18-32-6-3)22-26(30)29(21-25-16-11-19-33-25)20-23-13-9-8-10-14-23/h8-11,13-14,16,19,24H,4-7,12,15,17-18,20-22H2,1-3H3/t24-/m0/s1. The van der Waals surface area contributed by atoms with Crippen LogP contribution in [0.1, 0.15) is 63.3 Å². The average Bonchev–Trinajstić information content (AvgIpc) is 3.34. The molecule has 33 heavy (non-hydrogen) atoms. The van der Waals surface area contributed by atoms with Gasteiger partial charge in [-0.3, -0.25) is 9.59 Å². The molecule has 2 aromatic rings. The van der Waals surface area contributed by atoms with Crippen molar-refractivity contribution in [2.75, 3.05) is 26.3 Å². The zero-order chi connectivity index (χ0) is 23.9. The lowest BCUT2D eigenvalue weighted by Crippen LogP contribution is -2.45. The van der Waals surface area contributed by atoms with Gasteiger partial charge in [0.1, 0.15) is 0 Å². The molecule has 5 nitrogen and oxygen atoms in total. The Morgan fingerprint density at radius 2 is 1.76 bits per heavy atom. The van der Waals surface area contributed by atoms with Crippen LogP contribution in [-0.4, -0.2) is 47.9 Å². The van der Waals surface area contributed by atoms with E-state index in [1.807, 2.05) is 53.6 Å². The lowest BCUT2D eigenvalue weighted by atomic mass is 9.97. The van der Waals surface area contributed by atoms with Crippen molar-refractivity contribution in [2.45, 2.75) is 66.0 Å². The number of carbonyl (C=O) groups excluding carboxylic acids is 2. The molecule has 0 bridgehead atoms. The number of hydrogen-bond acceptors (Lipinski definition) is 4. The first-order chi connectivity index (χ1) is 16.1. The van der Waals surface area contributed by atoms with Crippen molar-refractivity contribution < 1.29 is 14.3 Å². The Kier molecular flexibility index (Phi) is 12.8. The van der Waals surface area contributed by atoms with Gasteiger partial charge < -0.3 is 14.5 Å². The third-order valence-corrected chi connectivity index (χ3v) is 6.66. The van der Waals surface area contributed by atoms with Gasteiger partial charge in [0.15, 0.2) is 0 Å². The molecule has 2 amide bonds. The first-order valence-electron chi connectivity index (χ1n) is 12.3. The summed E-state index contributed by atoms with van der Waals surface area (Å²) in [5, 5.41) is 2.03. The Balaban J connectivity index is 2.15. The molecule has 0 spiro atoms. The van der Waals surface area contributed by atoms with E-state index in [9.17, 15) is 9.59 Å². The van der Waals surface area contributed by atoms with E-state index in [2.05, 4.69) is 19.9 Å². The van der Waals surface area contributed by atoms with Gasteiger partial charge in [-0.25, -0.2) is 0 Å². The van der Waals surface area contributed by atoms with Crippen LogP contribution in [0.5, 0.6) is 0 Å². The maximum absolute atomic E-state index is 13.5. The molecule has 1 atom stereocenters. The average molecular weight is 473 g/mol. The highest BCUT2D eigenvalue weighted by atomic mass is 32.1. The minimum absolute atomic E-state index is 0.0117. The smallest absolute Gasteiger partial charge is 0.242 e. The number of carbonyl (C=O) groups is 2. The van der Waals surface area contributed by atoms with Crippen molar-refractivity contribution in [3.8, 4) is 0 Å². The number of rotatable bonds is 16. The quantitative estimate of drug-likeness (QED) is 0.292. The number of nitrogens with zero attached hydrogens (tertiary/aromatic N) is 2.